The first-order valence-corrected chi connectivity index (χ1v) is 38.2. The number of aromatic nitrogens is 2. The number of benzene rings is 14. The summed E-state index contributed by atoms with van der Waals surface area (Å²) in [5.41, 5.74) is 31.8. The van der Waals surface area contributed by atoms with Crippen LogP contribution in [0.5, 0.6) is 0 Å². The first-order valence-electron chi connectivity index (χ1n) is 38.2. The van der Waals surface area contributed by atoms with E-state index in [9.17, 15) is 10.5 Å². The molecule has 0 N–H and O–H groups in total. The average molecular weight is 1410 g/mol. The fourth-order valence-corrected chi connectivity index (χ4v) is 17.2. The molecular weight excluding hydrogens is 1320 g/mol. The number of fused-ring (bicyclic) bond motifs is 10. The van der Waals surface area contributed by atoms with Crippen LogP contribution < -0.4 is 26.2 Å². The molecule has 4 heterocycles. The largest absolute Gasteiger partial charge is 0.311 e. The third kappa shape index (κ3) is 11.4. The minimum atomic E-state index is -0.310. The van der Waals surface area contributed by atoms with Gasteiger partial charge in [0, 0.05) is 66.8 Å². The van der Waals surface area contributed by atoms with E-state index in [4.69, 9.17) is 0 Å². The van der Waals surface area contributed by atoms with Gasteiger partial charge in [-0.1, -0.05) is 283 Å². The van der Waals surface area contributed by atoms with Crippen molar-refractivity contribution in [1.82, 2.24) is 9.13 Å². The number of anilines is 6. The van der Waals surface area contributed by atoms with Gasteiger partial charge in [-0.05, 0) is 202 Å². The van der Waals surface area contributed by atoms with Crippen molar-refractivity contribution in [3.8, 4) is 79.1 Å². The molecular formula is C102H85BN6. The summed E-state index contributed by atoms with van der Waals surface area (Å²) >= 11 is 0. The van der Waals surface area contributed by atoms with Crippen molar-refractivity contribution in [1.29, 1.82) is 10.5 Å². The monoisotopic (exact) mass is 1400 g/mol. The smallest absolute Gasteiger partial charge is 0.252 e. The lowest BCUT2D eigenvalue weighted by molar-refractivity contribution is 0.568. The Kier molecular flexibility index (Phi) is 16.0. The highest BCUT2D eigenvalue weighted by molar-refractivity contribution is 7.00. The first-order chi connectivity index (χ1) is 52.5. The van der Waals surface area contributed by atoms with Crippen LogP contribution in [0.2, 0.25) is 0 Å². The van der Waals surface area contributed by atoms with E-state index in [0.29, 0.717) is 11.1 Å². The summed E-state index contributed by atoms with van der Waals surface area (Å²) in [7, 11) is 0. The summed E-state index contributed by atoms with van der Waals surface area (Å²) in [6.07, 6.45) is 0. The lowest BCUT2D eigenvalue weighted by Crippen LogP contribution is -2.61. The second kappa shape index (κ2) is 25.5. The molecule has 0 atom stereocenters. The summed E-state index contributed by atoms with van der Waals surface area (Å²) in [4.78, 5) is 5.23. The van der Waals surface area contributed by atoms with Gasteiger partial charge < -0.3 is 18.9 Å². The van der Waals surface area contributed by atoms with E-state index in [1.165, 1.54) is 49.3 Å². The van der Waals surface area contributed by atoms with Crippen LogP contribution in [0.4, 0.5) is 34.1 Å². The minimum Gasteiger partial charge on any atom is -0.311 e. The molecule has 0 fully saturated rings. The molecule has 7 heteroatoms. The molecule has 109 heavy (non-hydrogen) atoms. The normalized spacial score (nSPS) is 12.9. The summed E-state index contributed by atoms with van der Waals surface area (Å²) in [6.45, 7) is 27.5. The van der Waals surface area contributed by atoms with Crippen LogP contribution in [0.25, 0.3) is 111 Å². The van der Waals surface area contributed by atoms with Crippen LogP contribution in [0.1, 0.15) is 116 Å². The van der Waals surface area contributed by atoms with Crippen LogP contribution in [0, 0.1) is 22.7 Å². The Bertz CT molecular complexity index is 5980. The molecule has 14 aromatic carbocycles. The van der Waals surface area contributed by atoms with E-state index in [1.54, 1.807) is 0 Å². The number of hydrogen-bond acceptors (Lipinski definition) is 4. The Hall–Kier alpha value is -12.7. The molecule has 6 nitrogen and oxygen atoms in total. The summed E-state index contributed by atoms with van der Waals surface area (Å²) in [5.74, 6) is 0. The van der Waals surface area contributed by atoms with Crippen molar-refractivity contribution >= 4 is 101 Å². The maximum atomic E-state index is 10.9. The fraction of sp³-hybridized carbons (Fsp3) is 0.157. The van der Waals surface area contributed by atoms with Crippen molar-refractivity contribution < 1.29 is 0 Å². The van der Waals surface area contributed by atoms with E-state index >= 15 is 0 Å². The van der Waals surface area contributed by atoms with Crippen LogP contribution in [0.15, 0.2) is 297 Å². The van der Waals surface area contributed by atoms with Gasteiger partial charge in [0.25, 0.3) is 6.71 Å². The van der Waals surface area contributed by atoms with Gasteiger partial charge in [0.2, 0.25) is 0 Å². The third-order valence-corrected chi connectivity index (χ3v) is 23.0. The molecule has 2 aliphatic rings. The number of hydrogen-bond donors (Lipinski definition) is 0. The van der Waals surface area contributed by atoms with E-state index in [0.717, 1.165) is 134 Å². The molecule has 0 unspecified atom stereocenters. The fourth-order valence-electron chi connectivity index (χ4n) is 17.2. The van der Waals surface area contributed by atoms with Gasteiger partial charge in [0.05, 0.1) is 56.7 Å². The van der Waals surface area contributed by atoms with Gasteiger partial charge in [-0.25, -0.2) is 0 Å². The summed E-state index contributed by atoms with van der Waals surface area (Å²) in [5, 5.41) is 26.6. The number of nitrogens with zero attached hydrogens (tertiary/aromatic N) is 6. The molecule has 0 aliphatic carbocycles. The van der Waals surface area contributed by atoms with Gasteiger partial charge in [-0.15, -0.1) is 0 Å². The van der Waals surface area contributed by atoms with Crippen LogP contribution in [-0.2, 0) is 21.7 Å². The van der Waals surface area contributed by atoms with Crippen molar-refractivity contribution in [2.45, 2.75) is 105 Å². The Morgan fingerprint density at radius 2 is 0.596 bits per heavy atom. The van der Waals surface area contributed by atoms with Gasteiger partial charge in [-0.2, -0.15) is 10.5 Å². The molecule has 0 saturated carbocycles. The van der Waals surface area contributed by atoms with Crippen molar-refractivity contribution in [2.24, 2.45) is 0 Å². The van der Waals surface area contributed by atoms with E-state index in [2.05, 4.69) is 375 Å². The molecule has 0 spiro atoms. The Morgan fingerprint density at radius 3 is 0.954 bits per heavy atom. The second-order valence-electron chi connectivity index (χ2n) is 34.0. The summed E-state index contributed by atoms with van der Waals surface area (Å²) < 4.78 is 4.92. The Morgan fingerprint density at radius 1 is 0.257 bits per heavy atom. The molecule has 16 aromatic rings. The molecule has 18 rings (SSSR count). The molecule has 0 bridgehead atoms. The zero-order valence-electron chi connectivity index (χ0n) is 64.1. The molecule has 2 aliphatic heterocycles. The molecule has 0 saturated heterocycles. The standard InChI is InChI=1S/C102H85BN6/c1-99(2,3)72-50-70(51-73(58-72)100(4,5)6)84-54-65(78-32-18-16-30-67(78)62-104)42-48-92(84)108-94-60-76(106-88-38-24-20-34-80(88)81-35-21-25-39-89(81)106)44-46-86(94)103-87-47-45-77(107-90-40-26-22-36-82(90)83-37-23-27-41-91(83)107)61-95(87)109(97-57-69(56-96(108)98(97)103)64-28-14-13-15-29-64)93-49-43-66(79-33-19-17-31-68(79)63-105)55-85(93)71-52-74(101(7,8)9)59-75(53-71)102(10,11)12/h13-61H,1-12H3. The Labute approximate surface area is 640 Å². The Balaban J connectivity index is 1.02. The van der Waals surface area contributed by atoms with Crippen molar-refractivity contribution in [3.05, 3.63) is 331 Å². The quantitative estimate of drug-likeness (QED) is 0.135. The lowest BCUT2D eigenvalue weighted by Gasteiger charge is -2.45. The molecule has 2 aromatic heterocycles. The second-order valence-corrected chi connectivity index (χ2v) is 34.0. The van der Waals surface area contributed by atoms with Crippen LogP contribution >= 0.6 is 0 Å². The van der Waals surface area contributed by atoms with Crippen molar-refractivity contribution in [2.75, 3.05) is 9.80 Å². The van der Waals surface area contributed by atoms with Crippen LogP contribution in [0.3, 0.4) is 0 Å². The number of nitriles is 2. The lowest BCUT2D eigenvalue weighted by atomic mass is 9.33. The molecule has 0 amide bonds. The van der Waals surface area contributed by atoms with Gasteiger partial charge in [0.15, 0.2) is 0 Å². The SMILES string of the molecule is CC(C)(C)c1cc(-c2cc(-c3ccccc3C#N)ccc2N2c3cc(-n4c5ccccc5c5ccccc54)ccc3B3c4ccc(-n5c6ccccc6c6ccccc65)cc4N(c4ccc(-c5ccccc5C#N)cc4-c4cc(C(C)(C)C)cc(C(C)(C)C)c4)c4cc(-c5ccccc5)cc2c43)cc(C(C)(C)C)c1. The molecule has 526 valence electrons. The highest BCUT2D eigenvalue weighted by Crippen LogP contribution is 2.53. The van der Waals surface area contributed by atoms with Crippen LogP contribution in [-0.4, -0.2) is 15.8 Å². The third-order valence-electron chi connectivity index (χ3n) is 23.0. The van der Waals surface area contributed by atoms with E-state index in [1.807, 2.05) is 36.4 Å². The maximum absolute atomic E-state index is 10.9. The van der Waals surface area contributed by atoms with Gasteiger partial charge >= 0.3 is 0 Å². The topological polar surface area (TPSA) is 63.9 Å². The van der Waals surface area contributed by atoms with E-state index < -0.39 is 0 Å². The molecule has 0 radical (unpaired) electrons. The highest BCUT2D eigenvalue weighted by atomic mass is 15.2. The zero-order valence-corrected chi connectivity index (χ0v) is 64.1. The van der Waals surface area contributed by atoms with Crippen molar-refractivity contribution in [3.63, 3.8) is 0 Å². The number of para-hydroxylation sites is 4. The zero-order chi connectivity index (χ0) is 75.2. The summed E-state index contributed by atoms with van der Waals surface area (Å²) in [6, 6.07) is 115. The predicted molar refractivity (Wildman–Crippen MR) is 461 cm³/mol. The highest BCUT2D eigenvalue weighted by Gasteiger charge is 2.45. The predicted octanol–water partition coefficient (Wildman–Crippen LogP) is 25.2. The number of rotatable bonds is 9. The first kappa shape index (κ1) is 68.2. The average Bonchev–Trinajstić information content (AvgIpc) is 0.987. The van der Waals surface area contributed by atoms with Gasteiger partial charge in [0.1, 0.15) is 0 Å². The van der Waals surface area contributed by atoms with Gasteiger partial charge in [-0.3, -0.25) is 0 Å². The minimum absolute atomic E-state index is 0.205. The maximum Gasteiger partial charge on any atom is 0.252 e. The van der Waals surface area contributed by atoms with E-state index in [-0.39, 0.29) is 28.4 Å².